The van der Waals surface area contributed by atoms with Crippen molar-refractivity contribution in [2.24, 2.45) is 11.7 Å². The van der Waals surface area contributed by atoms with Gasteiger partial charge in [-0.25, -0.2) is 0 Å². The molecule has 1 aliphatic heterocycles. The molecule has 1 saturated carbocycles. The summed E-state index contributed by atoms with van der Waals surface area (Å²) >= 11 is 0. The van der Waals surface area contributed by atoms with Crippen molar-refractivity contribution in [2.45, 2.75) is 89.6 Å². The Morgan fingerprint density at radius 2 is 1.84 bits per heavy atom. The standard InChI is InChI=1S/C17H34N2/c1-3-7-16-8-5-6-13-19(16)17(14-18)11-9-15(4-2)10-12-17/h15-16H,3-14,18H2,1-2H3. The van der Waals surface area contributed by atoms with Crippen LogP contribution in [0.2, 0.25) is 0 Å². The van der Waals surface area contributed by atoms with E-state index in [-0.39, 0.29) is 0 Å². The Hall–Kier alpha value is -0.0800. The molecule has 0 aromatic carbocycles. The molecule has 2 heteroatoms. The molecule has 1 saturated heterocycles. The van der Waals surface area contributed by atoms with Crippen molar-refractivity contribution in [1.82, 2.24) is 4.90 Å². The molecule has 1 aliphatic carbocycles. The molecule has 2 rings (SSSR count). The van der Waals surface area contributed by atoms with Crippen molar-refractivity contribution < 1.29 is 0 Å². The second-order valence-electron chi connectivity index (χ2n) is 6.91. The molecule has 0 amide bonds. The third-order valence-corrected chi connectivity index (χ3v) is 5.85. The molecule has 0 spiro atoms. The monoisotopic (exact) mass is 266 g/mol. The van der Waals surface area contributed by atoms with Gasteiger partial charge in [0, 0.05) is 18.1 Å². The number of piperidine rings is 1. The Bertz CT molecular complexity index is 254. The van der Waals surface area contributed by atoms with E-state index >= 15 is 0 Å². The summed E-state index contributed by atoms with van der Waals surface area (Å²) in [5.74, 6) is 0.967. The Kier molecular flexibility index (Phi) is 5.70. The molecule has 1 unspecified atom stereocenters. The van der Waals surface area contributed by atoms with E-state index in [1.807, 2.05) is 0 Å². The van der Waals surface area contributed by atoms with Crippen LogP contribution in [0.5, 0.6) is 0 Å². The number of hydrogen-bond donors (Lipinski definition) is 1. The summed E-state index contributed by atoms with van der Waals surface area (Å²) in [6.07, 6.45) is 13.8. The lowest BCUT2D eigenvalue weighted by Gasteiger charge is -2.52. The normalized spacial score (nSPS) is 37.4. The van der Waals surface area contributed by atoms with Gasteiger partial charge in [-0.05, 0) is 57.4 Å². The molecule has 0 bridgehead atoms. The Morgan fingerprint density at radius 1 is 1.11 bits per heavy atom. The number of rotatable bonds is 5. The Morgan fingerprint density at radius 3 is 2.42 bits per heavy atom. The van der Waals surface area contributed by atoms with Crippen molar-refractivity contribution in [3.05, 3.63) is 0 Å². The largest absolute Gasteiger partial charge is 0.329 e. The maximum atomic E-state index is 6.27. The molecule has 19 heavy (non-hydrogen) atoms. The fraction of sp³-hybridized carbons (Fsp3) is 1.00. The minimum atomic E-state index is 0.353. The van der Waals surface area contributed by atoms with Crippen molar-refractivity contribution in [3.8, 4) is 0 Å². The van der Waals surface area contributed by atoms with Crippen molar-refractivity contribution in [1.29, 1.82) is 0 Å². The molecule has 2 aliphatic rings. The molecule has 0 radical (unpaired) electrons. The highest BCUT2D eigenvalue weighted by Gasteiger charge is 2.42. The minimum absolute atomic E-state index is 0.353. The van der Waals surface area contributed by atoms with E-state index in [0.29, 0.717) is 5.54 Å². The zero-order chi connectivity index (χ0) is 13.7. The van der Waals surface area contributed by atoms with Gasteiger partial charge in [0.2, 0.25) is 0 Å². The molecule has 112 valence electrons. The van der Waals surface area contributed by atoms with Gasteiger partial charge in [0.15, 0.2) is 0 Å². The highest BCUT2D eigenvalue weighted by atomic mass is 15.2. The van der Waals surface area contributed by atoms with Crippen LogP contribution in [0.1, 0.15) is 78.1 Å². The van der Waals surface area contributed by atoms with E-state index in [2.05, 4.69) is 18.7 Å². The van der Waals surface area contributed by atoms with Crippen LogP contribution in [0, 0.1) is 5.92 Å². The number of likely N-dealkylation sites (tertiary alicyclic amines) is 1. The molecule has 1 heterocycles. The second-order valence-corrected chi connectivity index (χ2v) is 6.91. The second kappa shape index (κ2) is 7.08. The molecule has 1 atom stereocenters. The molecule has 2 fully saturated rings. The molecular formula is C17H34N2. The topological polar surface area (TPSA) is 29.3 Å². The van der Waals surface area contributed by atoms with Crippen molar-refractivity contribution in [3.63, 3.8) is 0 Å². The van der Waals surface area contributed by atoms with E-state index in [0.717, 1.165) is 18.5 Å². The van der Waals surface area contributed by atoms with Crippen LogP contribution in [0.15, 0.2) is 0 Å². The molecule has 0 aromatic rings. The average molecular weight is 266 g/mol. The van der Waals surface area contributed by atoms with Crippen LogP contribution in [0.4, 0.5) is 0 Å². The Balaban J connectivity index is 2.06. The van der Waals surface area contributed by atoms with Gasteiger partial charge in [-0.3, -0.25) is 4.90 Å². The summed E-state index contributed by atoms with van der Waals surface area (Å²) in [6, 6.07) is 0.820. The first kappa shape index (κ1) is 15.3. The van der Waals surface area contributed by atoms with E-state index in [1.165, 1.54) is 70.8 Å². The van der Waals surface area contributed by atoms with Crippen LogP contribution in [-0.2, 0) is 0 Å². The first-order valence-electron chi connectivity index (χ1n) is 8.72. The predicted octanol–water partition coefficient (Wildman–Crippen LogP) is 3.94. The Labute approximate surface area is 120 Å². The van der Waals surface area contributed by atoms with Crippen LogP contribution in [0.3, 0.4) is 0 Å². The lowest BCUT2D eigenvalue weighted by molar-refractivity contribution is -0.0152. The molecule has 2 N–H and O–H groups in total. The van der Waals surface area contributed by atoms with E-state index in [4.69, 9.17) is 5.73 Å². The zero-order valence-electron chi connectivity index (χ0n) is 13.2. The first-order valence-corrected chi connectivity index (χ1v) is 8.72. The van der Waals surface area contributed by atoms with Gasteiger partial charge in [-0.1, -0.05) is 33.1 Å². The third kappa shape index (κ3) is 3.33. The summed E-state index contributed by atoms with van der Waals surface area (Å²) in [5.41, 5.74) is 6.63. The van der Waals surface area contributed by atoms with Crippen LogP contribution in [0.25, 0.3) is 0 Å². The number of nitrogens with zero attached hydrogens (tertiary/aromatic N) is 1. The highest BCUT2D eigenvalue weighted by molar-refractivity contribution is 4.99. The summed E-state index contributed by atoms with van der Waals surface area (Å²) < 4.78 is 0. The van der Waals surface area contributed by atoms with Crippen LogP contribution >= 0.6 is 0 Å². The smallest absolute Gasteiger partial charge is 0.0334 e. The molecule has 2 nitrogen and oxygen atoms in total. The summed E-state index contributed by atoms with van der Waals surface area (Å²) in [6.45, 7) is 6.86. The molecular weight excluding hydrogens is 232 g/mol. The lowest BCUT2D eigenvalue weighted by Crippen LogP contribution is -2.60. The molecule has 0 aromatic heterocycles. The number of hydrogen-bond acceptors (Lipinski definition) is 2. The van der Waals surface area contributed by atoms with Gasteiger partial charge in [0.1, 0.15) is 0 Å². The highest BCUT2D eigenvalue weighted by Crippen LogP contribution is 2.40. The van der Waals surface area contributed by atoms with Gasteiger partial charge in [-0.15, -0.1) is 0 Å². The first-order chi connectivity index (χ1) is 9.25. The van der Waals surface area contributed by atoms with E-state index in [1.54, 1.807) is 0 Å². The van der Waals surface area contributed by atoms with Crippen molar-refractivity contribution >= 4 is 0 Å². The van der Waals surface area contributed by atoms with Gasteiger partial charge in [-0.2, -0.15) is 0 Å². The maximum absolute atomic E-state index is 6.27. The maximum Gasteiger partial charge on any atom is 0.0334 e. The SMILES string of the molecule is CCCC1CCCCN1C1(CN)CCC(CC)CC1. The fourth-order valence-corrected chi connectivity index (χ4v) is 4.49. The minimum Gasteiger partial charge on any atom is -0.329 e. The summed E-state index contributed by atoms with van der Waals surface area (Å²) in [5, 5.41) is 0. The average Bonchev–Trinajstić information content (AvgIpc) is 2.48. The van der Waals surface area contributed by atoms with Crippen LogP contribution in [-0.4, -0.2) is 29.6 Å². The van der Waals surface area contributed by atoms with E-state index < -0.39 is 0 Å². The zero-order valence-corrected chi connectivity index (χ0v) is 13.2. The van der Waals surface area contributed by atoms with Crippen LogP contribution < -0.4 is 5.73 Å². The van der Waals surface area contributed by atoms with Gasteiger partial charge < -0.3 is 5.73 Å². The third-order valence-electron chi connectivity index (χ3n) is 5.85. The van der Waals surface area contributed by atoms with Gasteiger partial charge in [0.05, 0.1) is 0 Å². The fourth-order valence-electron chi connectivity index (χ4n) is 4.49. The summed E-state index contributed by atoms with van der Waals surface area (Å²) in [4.78, 5) is 2.85. The quantitative estimate of drug-likeness (QED) is 0.816. The number of nitrogens with two attached hydrogens (primary N) is 1. The van der Waals surface area contributed by atoms with Crippen molar-refractivity contribution in [2.75, 3.05) is 13.1 Å². The van der Waals surface area contributed by atoms with E-state index in [9.17, 15) is 0 Å². The predicted molar refractivity (Wildman–Crippen MR) is 83.3 cm³/mol. The summed E-state index contributed by atoms with van der Waals surface area (Å²) in [7, 11) is 0. The lowest BCUT2D eigenvalue weighted by atomic mass is 9.73. The van der Waals surface area contributed by atoms with Gasteiger partial charge in [0.25, 0.3) is 0 Å². The van der Waals surface area contributed by atoms with Gasteiger partial charge >= 0.3 is 0 Å².